The molecule has 0 spiro atoms. The van der Waals surface area contributed by atoms with Gasteiger partial charge in [-0.25, -0.2) is 4.79 Å². The summed E-state index contributed by atoms with van der Waals surface area (Å²) in [6, 6.07) is 5.98. The summed E-state index contributed by atoms with van der Waals surface area (Å²) in [6.07, 6.45) is 5.31. The number of fused-ring (bicyclic) bond motifs is 3. The minimum Gasteiger partial charge on any atom is -0.455 e. The summed E-state index contributed by atoms with van der Waals surface area (Å²) in [5.74, 6) is 1.43. The number of thiophene rings is 1. The fourth-order valence-corrected chi connectivity index (χ4v) is 6.24. The lowest BCUT2D eigenvalue weighted by atomic mass is 9.84. The van der Waals surface area contributed by atoms with Crippen LogP contribution in [0.1, 0.15) is 56.4 Å². The van der Waals surface area contributed by atoms with E-state index in [1.165, 1.54) is 6.08 Å². The van der Waals surface area contributed by atoms with E-state index in [0.29, 0.717) is 57.7 Å². The zero-order valence-corrected chi connectivity index (χ0v) is 28.2. The number of nitrogens with one attached hydrogen (secondary N) is 2. The van der Waals surface area contributed by atoms with Crippen LogP contribution in [0.15, 0.2) is 22.1 Å². The van der Waals surface area contributed by atoms with E-state index in [2.05, 4.69) is 30.5 Å². The van der Waals surface area contributed by atoms with Gasteiger partial charge in [0.1, 0.15) is 29.8 Å². The third-order valence-electron chi connectivity index (χ3n) is 7.36. The number of ether oxygens (including phenoxy) is 4. The molecular weight excluding hydrogens is 620 g/mol. The van der Waals surface area contributed by atoms with Gasteiger partial charge in [0.05, 0.1) is 42.9 Å². The second-order valence-electron chi connectivity index (χ2n) is 11.1. The van der Waals surface area contributed by atoms with Gasteiger partial charge in [-0.15, -0.1) is 22.9 Å². The molecule has 1 aliphatic carbocycles. The second-order valence-corrected chi connectivity index (χ2v) is 12.5. The van der Waals surface area contributed by atoms with Gasteiger partial charge in [0.2, 0.25) is 0 Å². The molecule has 0 saturated heterocycles. The van der Waals surface area contributed by atoms with Crippen molar-refractivity contribution in [2.24, 2.45) is 0 Å². The third kappa shape index (κ3) is 10.8. The maximum Gasteiger partial charge on any atom is 0.407 e. The van der Waals surface area contributed by atoms with Crippen LogP contribution in [0.25, 0.3) is 16.7 Å². The number of nitriles is 1. The molecule has 0 atom stereocenters. The van der Waals surface area contributed by atoms with E-state index in [1.54, 1.807) is 18.4 Å². The summed E-state index contributed by atoms with van der Waals surface area (Å²) >= 11 is 7.25. The first kappa shape index (κ1) is 36.4. The Morgan fingerprint density at radius 3 is 2.49 bits per heavy atom. The van der Waals surface area contributed by atoms with Crippen molar-refractivity contribution in [2.45, 2.75) is 44.9 Å². The summed E-state index contributed by atoms with van der Waals surface area (Å²) in [5, 5.41) is 15.9. The highest BCUT2D eigenvalue weighted by Gasteiger charge is 2.41. The van der Waals surface area contributed by atoms with Crippen molar-refractivity contribution in [2.75, 3.05) is 84.2 Å². The molecule has 13 heteroatoms. The van der Waals surface area contributed by atoms with E-state index in [-0.39, 0.29) is 17.6 Å². The van der Waals surface area contributed by atoms with Crippen molar-refractivity contribution in [3.8, 4) is 16.7 Å². The Labute approximate surface area is 274 Å². The first-order chi connectivity index (χ1) is 21.7. The van der Waals surface area contributed by atoms with Gasteiger partial charge >= 0.3 is 6.09 Å². The molecule has 2 amide bonds. The molecule has 1 aliphatic rings. The Hall–Kier alpha value is -3.08. The molecule has 2 heterocycles. The minimum atomic E-state index is -0.486. The largest absolute Gasteiger partial charge is 0.455 e. The minimum absolute atomic E-state index is 0.0370. The monoisotopic (exact) mass is 664 g/mol. The quantitative estimate of drug-likeness (QED) is 0.0788. The molecule has 2 N–H and O–H groups in total. The van der Waals surface area contributed by atoms with Crippen LogP contribution in [0.5, 0.6) is 0 Å². The van der Waals surface area contributed by atoms with Crippen molar-refractivity contribution in [1.82, 2.24) is 10.6 Å². The topological polar surface area (TPSA) is 135 Å². The molecule has 0 bridgehead atoms. The molecule has 11 nitrogen and oxygen atoms in total. The number of carbonyl (C=O) groups excluding carboxylic acids is 2. The summed E-state index contributed by atoms with van der Waals surface area (Å²) in [5.41, 5.74) is 1.79. The van der Waals surface area contributed by atoms with Crippen LogP contribution < -0.4 is 15.5 Å². The highest BCUT2D eigenvalue weighted by atomic mass is 35.5. The van der Waals surface area contributed by atoms with Gasteiger partial charge in [0.25, 0.3) is 5.91 Å². The molecule has 2 aromatic heterocycles. The van der Waals surface area contributed by atoms with Crippen LogP contribution in [0.2, 0.25) is 0 Å². The molecular formula is C32H45ClN4O7S. The number of hydrogen-bond donors (Lipinski definition) is 2. The predicted octanol–water partition coefficient (Wildman–Crippen LogP) is 5.31. The van der Waals surface area contributed by atoms with Crippen LogP contribution in [0, 0.1) is 11.3 Å². The van der Waals surface area contributed by atoms with E-state index in [1.807, 2.05) is 24.1 Å². The highest BCUT2D eigenvalue weighted by Crippen LogP contribution is 2.55. The van der Waals surface area contributed by atoms with Crippen molar-refractivity contribution in [3.05, 3.63) is 34.6 Å². The van der Waals surface area contributed by atoms with Crippen molar-refractivity contribution < 1.29 is 33.0 Å². The Balaban J connectivity index is 1.41. The molecule has 3 rings (SSSR count). The van der Waals surface area contributed by atoms with Crippen molar-refractivity contribution in [3.63, 3.8) is 0 Å². The van der Waals surface area contributed by atoms with Crippen molar-refractivity contribution in [1.29, 1.82) is 5.26 Å². The van der Waals surface area contributed by atoms with Crippen LogP contribution >= 0.6 is 22.9 Å². The van der Waals surface area contributed by atoms with Gasteiger partial charge in [0.15, 0.2) is 0 Å². The molecule has 0 radical (unpaired) electrons. The van der Waals surface area contributed by atoms with Crippen LogP contribution in [0.4, 0.5) is 9.80 Å². The number of anilines is 1. The number of nitrogens with zero attached hydrogens (tertiary/aromatic N) is 2. The lowest BCUT2D eigenvalue weighted by molar-refractivity contribution is -0.117. The number of likely N-dealkylation sites (N-methyl/N-ethyl adjacent to an activating group) is 1. The number of methoxy groups -OCH3 is 1. The fourth-order valence-electron chi connectivity index (χ4n) is 4.75. The zero-order chi connectivity index (χ0) is 32.7. The number of rotatable bonds is 21. The van der Waals surface area contributed by atoms with E-state index in [4.69, 9.17) is 35.0 Å². The normalized spacial score (nSPS) is 13.2. The standard InChI is InChI=1S/C32H45ClN4O7S/c1-32(2)25-20-24(19-23(22-34)30(38)35-10-14-40-4)44-28(25)29-26(32)21-27(45-29)37(3)12-16-43-31(39)36-11-15-42-18-17-41-13-8-6-5-7-9-33/h19-21H,5-18H2,1-4H3,(H,35,38)(H,36,39)/b23-19+. The maximum absolute atomic E-state index is 12.4. The predicted molar refractivity (Wildman–Crippen MR) is 176 cm³/mol. The maximum atomic E-state index is 12.4. The van der Waals surface area contributed by atoms with E-state index in [9.17, 15) is 14.9 Å². The Bertz CT molecular complexity index is 1320. The van der Waals surface area contributed by atoms with Crippen molar-refractivity contribution >= 4 is 46.0 Å². The number of hydrogen-bond acceptors (Lipinski definition) is 10. The molecule has 0 aromatic carbocycles. The van der Waals surface area contributed by atoms with E-state index >= 15 is 0 Å². The molecule has 0 unspecified atom stereocenters. The number of furan rings is 1. The van der Waals surface area contributed by atoms with Gasteiger partial charge in [-0.3, -0.25) is 4.79 Å². The van der Waals surface area contributed by atoms with Gasteiger partial charge in [-0.2, -0.15) is 5.26 Å². The average molecular weight is 665 g/mol. The number of alkyl carbamates (subject to hydrolysis) is 1. The Kier molecular flexibility index (Phi) is 15.2. The highest BCUT2D eigenvalue weighted by molar-refractivity contribution is 7.19. The molecule has 0 aliphatic heterocycles. The summed E-state index contributed by atoms with van der Waals surface area (Å²) in [6.45, 7) is 8.12. The number of amides is 2. The van der Waals surface area contributed by atoms with Gasteiger partial charge in [0, 0.05) is 56.8 Å². The number of unbranched alkanes of at least 4 members (excludes halogenated alkanes) is 3. The lowest BCUT2D eigenvalue weighted by Gasteiger charge is -2.20. The molecule has 45 heavy (non-hydrogen) atoms. The number of carbonyl (C=O) groups is 2. The van der Waals surface area contributed by atoms with Crippen LogP contribution in [-0.2, 0) is 29.2 Å². The van der Waals surface area contributed by atoms with Gasteiger partial charge in [-0.05, 0) is 30.5 Å². The SMILES string of the molecule is COCCNC(=O)/C(C#N)=C/c1cc2c(o1)-c1sc(N(C)CCOC(=O)NCCOCCOCCCCCCCl)cc1C2(C)C. The van der Waals surface area contributed by atoms with E-state index < -0.39 is 12.0 Å². The first-order valence-corrected chi connectivity index (χ1v) is 16.6. The second kappa shape index (κ2) is 18.8. The zero-order valence-electron chi connectivity index (χ0n) is 26.7. The smallest absolute Gasteiger partial charge is 0.407 e. The fraction of sp³-hybridized carbons (Fsp3) is 0.594. The summed E-state index contributed by atoms with van der Waals surface area (Å²) in [4.78, 5) is 27.5. The Morgan fingerprint density at radius 1 is 1.02 bits per heavy atom. The van der Waals surface area contributed by atoms with Crippen LogP contribution in [0.3, 0.4) is 0 Å². The van der Waals surface area contributed by atoms with Gasteiger partial charge < -0.3 is 38.9 Å². The lowest BCUT2D eigenvalue weighted by Crippen LogP contribution is -2.31. The molecule has 2 aromatic rings. The molecule has 0 saturated carbocycles. The van der Waals surface area contributed by atoms with Crippen LogP contribution in [-0.4, -0.2) is 91.3 Å². The number of halogens is 1. The summed E-state index contributed by atoms with van der Waals surface area (Å²) < 4.78 is 27.5. The van der Waals surface area contributed by atoms with E-state index in [0.717, 1.165) is 59.1 Å². The molecule has 0 fully saturated rings. The summed E-state index contributed by atoms with van der Waals surface area (Å²) in [7, 11) is 3.49. The van der Waals surface area contributed by atoms with Gasteiger partial charge in [-0.1, -0.05) is 26.7 Å². The average Bonchev–Trinajstić information content (AvgIpc) is 3.70. The first-order valence-electron chi connectivity index (χ1n) is 15.2. The Morgan fingerprint density at radius 2 is 1.76 bits per heavy atom. The molecule has 248 valence electrons. The number of alkyl halides is 1. The third-order valence-corrected chi connectivity index (χ3v) is 8.88.